The van der Waals surface area contributed by atoms with Gasteiger partial charge in [-0.15, -0.1) is 0 Å². The van der Waals surface area contributed by atoms with Crippen molar-refractivity contribution in [2.45, 2.75) is 38.5 Å². The molecule has 0 bridgehead atoms. The lowest BCUT2D eigenvalue weighted by atomic mass is 10.1. The first-order valence-corrected chi connectivity index (χ1v) is 8.01. The van der Waals surface area contributed by atoms with Gasteiger partial charge in [-0.05, 0) is 27.7 Å². The molecule has 5 nitrogen and oxygen atoms in total. The number of nitrogens with zero attached hydrogens (tertiary/aromatic N) is 2. The summed E-state index contributed by atoms with van der Waals surface area (Å²) in [5.74, 6) is 0. The Morgan fingerprint density at radius 2 is 1.67 bits per heavy atom. The van der Waals surface area contributed by atoms with Gasteiger partial charge in [0.05, 0.1) is 4.99 Å². The molecular weight excluding hydrogens is 270 g/mol. The second kappa shape index (κ2) is 5.40. The first-order valence-electron chi connectivity index (χ1n) is 6.10. The second-order valence-electron chi connectivity index (χ2n) is 5.65. The number of sulfonamides is 1. The zero-order valence-electron chi connectivity index (χ0n) is 11.5. The number of piperazine rings is 1. The number of nitrogens with two attached hydrogens (primary N) is 1. The molecule has 106 valence electrons. The minimum absolute atomic E-state index is 0.0354. The maximum atomic E-state index is 12.2. The summed E-state index contributed by atoms with van der Waals surface area (Å²) >= 11 is 4.78. The van der Waals surface area contributed by atoms with Crippen LogP contribution in [-0.2, 0) is 10.0 Å². The molecule has 1 saturated heterocycles. The van der Waals surface area contributed by atoms with Crippen LogP contribution >= 0.6 is 12.2 Å². The summed E-state index contributed by atoms with van der Waals surface area (Å²) < 4.78 is 25.9. The van der Waals surface area contributed by atoms with Crippen LogP contribution in [0.3, 0.4) is 0 Å². The number of thiocarbonyl (C=S) groups is 1. The van der Waals surface area contributed by atoms with Crippen molar-refractivity contribution in [1.82, 2.24) is 9.21 Å². The molecule has 0 amide bonds. The molecular formula is C11H23N3O2S2. The average Bonchev–Trinajstić information content (AvgIpc) is 2.26. The average molecular weight is 293 g/mol. The molecule has 1 unspecified atom stereocenters. The third-order valence-corrected chi connectivity index (χ3v) is 6.13. The maximum absolute atomic E-state index is 12.2. The van der Waals surface area contributed by atoms with Crippen molar-refractivity contribution in [2.24, 2.45) is 5.73 Å². The van der Waals surface area contributed by atoms with Gasteiger partial charge in [-0.2, -0.15) is 4.31 Å². The van der Waals surface area contributed by atoms with E-state index >= 15 is 0 Å². The van der Waals surface area contributed by atoms with Gasteiger partial charge >= 0.3 is 0 Å². The van der Waals surface area contributed by atoms with Gasteiger partial charge in [-0.1, -0.05) is 12.2 Å². The van der Waals surface area contributed by atoms with Gasteiger partial charge in [0.2, 0.25) is 10.0 Å². The van der Waals surface area contributed by atoms with Crippen molar-refractivity contribution in [2.75, 3.05) is 26.2 Å². The molecule has 0 aliphatic carbocycles. The summed E-state index contributed by atoms with van der Waals surface area (Å²) in [5, 5.41) is -0.784. The van der Waals surface area contributed by atoms with Crippen LogP contribution in [0.25, 0.3) is 0 Å². The third-order valence-electron chi connectivity index (χ3n) is 3.39. The fourth-order valence-corrected chi connectivity index (χ4v) is 3.76. The lowest BCUT2D eigenvalue weighted by Crippen LogP contribution is -2.56. The standard InChI is InChI=1S/C11H23N3O2S2/c1-9(10(12)17)18(15,16)14-7-5-13(6-8-14)11(2,3)4/h9H,5-8H2,1-4H3,(H2,12,17). The summed E-state index contributed by atoms with van der Waals surface area (Å²) in [4.78, 5) is 2.32. The molecule has 7 heteroatoms. The lowest BCUT2D eigenvalue weighted by Gasteiger charge is -2.42. The Kier molecular flexibility index (Phi) is 4.75. The van der Waals surface area contributed by atoms with E-state index in [2.05, 4.69) is 25.7 Å². The summed E-state index contributed by atoms with van der Waals surface area (Å²) in [6.45, 7) is 10.4. The molecule has 2 N–H and O–H groups in total. The SMILES string of the molecule is CC(C(N)=S)S(=O)(=O)N1CCN(C(C)(C)C)CC1. The first-order chi connectivity index (χ1) is 8.06. The van der Waals surface area contributed by atoms with Crippen molar-refractivity contribution in [3.05, 3.63) is 0 Å². The van der Waals surface area contributed by atoms with Crippen molar-refractivity contribution in [3.8, 4) is 0 Å². The highest BCUT2D eigenvalue weighted by atomic mass is 32.2. The fourth-order valence-electron chi connectivity index (χ4n) is 1.98. The molecule has 1 heterocycles. The van der Waals surface area contributed by atoms with E-state index in [-0.39, 0.29) is 10.5 Å². The van der Waals surface area contributed by atoms with Gasteiger partial charge < -0.3 is 5.73 Å². The van der Waals surface area contributed by atoms with E-state index in [1.165, 1.54) is 4.31 Å². The van der Waals surface area contributed by atoms with Crippen molar-refractivity contribution >= 4 is 27.2 Å². The molecule has 1 aliphatic rings. The van der Waals surface area contributed by atoms with Crippen LogP contribution in [0.5, 0.6) is 0 Å². The molecule has 0 aromatic rings. The van der Waals surface area contributed by atoms with Crippen LogP contribution in [-0.4, -0.2) is 59.6 Å². The van der Waals surface area contributed by atoms with E-state index in [1.54, 1.807) is 6.92 Å². The van der Waals surface area contributed by atoms with Crippen LogP contribution in [0.15, 0.2) is 0 Å². The highest BCUT2D eigenvalue weighted by Crippen LogP contribution is 2.19. The zero-order valence-corrected chi connectivity index (χ0v) is 13.1. The maximum Gasteiger partial charge on any atom is 0.223 e. The number of hydrogen-bond acceptors (Lipinski definition) is 4. The van der Waals surface area contributed by atoms with Gasteiger partial charge in [0.15, 0.2) is 0 Å². The smallest absolute Gasteiger partial charge is 0.223 e. The van der Waals surface area contributed by atoms with Crippen LogP contribution in [0.2, 0.25) is 0 Å². The Hall–Kier alpha value is -0.240. The van der Waals surface area contributed by atoms with Crippen LogP contribution in [0, 0.1) is 0 Å². The predicted molar refractivity (Wildman–Crippen MR) is 78.1 cm³/mol. The Labute approximate surface area is 115 Å². The van der Waals surface area contributed by atoms with E-state index in [0.717, 1.165) is 13.1 Å². The van der Waals surface area contributed by atoms with E-state index in [0.29, 0.717) is 13.1 Å². The topological polar surface area (TPSA) is 66.6 Å². The molecule has 0 saturated carbocycles. The highest BCUT2D eigenvalue weighted by molar-refractivity contribution is 7.92. The molecule has 1 aliphatic heterocycles. The summed E-state index contributed by atoms with van der Waals surface area (Å²) in [6.07, 6.45) is 0. The molecule has 0 spiro atoms. The molecule has 18 heavy (non-hydrogen) atoms. The molecule has 1 fully saturated rings. The predicted octanol–water partition coefficient (Wildman–Crippen LogP) is 0.407. The normalized spacial score (nSPS) is 21.8. The fraction of sp³-hybridized carbons (Fsp3) is 0.909. The van der Waals surface area contributed by atoms with E-state index < -0.39 is 15.3 Å². The Morgan fingerprint density at radius 1 is 1.22 bits per heavy atom. The number of rotatable bonds is 3. The Morgan fingerprint density at radius 3 is 2.00 bits per heavy atom. The molecule has 0 radical (unpaired) electrons. The first kappa shape index (κ1) is 15.8. The van der Waals surface area contributed by atoms with Crippen LogP contribution in [0.4, 0.5) is 0 Å². The highest BCUT2D eigenvalue weighted by Gasteiger charge is 2.35. The van der Waals surface area contributed by atoms with Crippen LogP contribution < -0.4 is 5.73 Å². The largest absolute Gasteiger partial charge is 0.392 e. The number of hydrogen-bond donors (Lipinski definition) is 1. The van der Waals surface area contributed by atoms with E-state index in [4.69, 9.17) is 18.0 Å². The van der Waals surface area contributed by atoms with Crippen LogP contribution in [0.1, 0.15) is 27.7 Å². The third kappa shape index (κ3) is 3.40. The summed E-state index contributed by atoms with van der Waals surface area (Å²) in [5.41, 5.74) is 5.51. The second-order valence-corrected chi connectivity index (χ2v) is 8.37. The van der Waals surface area contributed by atoms with Crippen molar-refractivity contribution in [1.29, 1.82) is 0 Å². The molecule has 1 atom stereocenters. The summed E-state index contributed by atoms with van der Waals surface area (Å²) in [6, 6.07) is 0. The quantitative estimate of drug-likeness (QED) is 0.763. The van der Waals surface area contributed by atoms with E-state index in [9.17, 15) is 8.42 Å². The van der Waals surface area contributed by atoms with Gasteiger partial charge in [-0.3, -0.25) is 4.90 Å². The van der Waals surface area contributed by atoms with Gasteiger partial charge in [0.25, 0.3) is 0 Å². The Balaban J connectivity index is 2.72. The van der Waals surface area contributed by atoms with Gasteiger partial charge in [-0.25, -0.2) is 8.42 Å². The minimum Gasteiger partial charge on any atom is -0.392 e. The van der Waals surface area contributed by atoms with Gasteiger partial charge in [0.1, 0.15) is 5.25 Å². The zero-order chi connectivity index (χ0) is 14.1. The molecule has 0 aromatic heterocycles. The van der Waals surface area contributed by atoms with E-state index in [1.807, 2.05) is 0 Å². The minimum atomic E-state index is -3.39. The Bertz CT molecular complexity index is 406. The van der Waals surface area contributed by atoms with Crippen molar-refractivity contribution in [3.63, 3.8) is 0 Å². The van der Waals surface area contributed by atoms with Crippen molar-refractivity contribution < 1.29 is 8.42 Å². The molecule has 1 rings (SSSR count). The lowest BCUT2D eigenvalue weighted by molar-refractivity contribution is 0.0921. The monoisotopic (exact) mass is 293 g/mol. The van der Waals surface area contributed by atoms with Gasteiger partial charge in [0, 0.05) is 31.7 Å². The molecule has 0 aromatic carbocycles. The summed E-state index contributed by atoms with van der Waals surface area (Å²) in [7, 11) is -3.39.